The van der Waals surface area contributed by atoms with Crippen LogP contribution in [0.2, 0.25) is 0 Å². The first-order valence-corrected chi connectivity index (χ1v) is 8.41. The van der Waals surface area contributed by atoms with Gasteiger partial charge in [-0.05, 0) is 66.9 Å². The van der Waals surface area contributed by atoms with E-state index < -0.39 is 0 Å². The van der Waals surface area contributed by atoms with E-state index in [0.717, 1.165) is 5.92 Å². The van der Waals surface area contributed by atoms with Gasteiger partial charge in [-0.25, -0.2) is 0 Å². The zero-order chi connectivity index (χ0) is 14.2. The van der Waals surface area contributed by atoms with Gasteiger partial charge in [-0.1, -0.05) is 44.5 Å². The Labute approximate surface area is 124 Å². The summed E-state index contributed by atoms with van der Waals surface area (Å²) in [5.74, 6) is 1.47. The first-order valence-electron chi connectivity index (χ1n) is 8.41. The average molecular weight is 271 g/mol. The molecule has 0 heterocycles. The second kappa shape index (κ2) is 5.52. The van der Waals surface area contributed by atoms with Gasteiger partial charge >= 0.3 is 0 Å². The van der Waals surface area contributed by atoms with Gasteiger partial charge < -0.3 is 5.73 Å². The van der Waals surface area contributed by atoms with Crippen molar-refractivity contribution in [2.75, 3.05) is 0 Å². The van der Waals surface area contributed by atoms with Crippen LogP contribution in [0.15, 0.2) is 24.3 Å². The van der Waals surface area contributed by atoms with Gasteiger partial charge in [-0.3, -0.25) is 0 Å². The van der Waals surface area contributed by atoms with Crippen LogP contribution in [0.4, 0.5) is 0 Å². The fraction of sp³-hybridized carbons (Fsp3) is 0.684. The Hall–Kier alpha value is -0.820. The Morgan fingerprint density at radius 1 is 1.05 bits per heavy atom. The summed E-state index contributed by atoms with van der Waals surface area (Å²) in [7, 11) is 0. The lowest BCUT2D eigenvalue weighted by Gasteiger charge is -2.38. The summed E-state index contributed by atoms with van der Waals surface area (Å²) in [6.07, 6.45) is 9.38. The van der Waals surface area contributed by atoms with Gasteiger partial charge in [-0.15, -0.1) is 0 Å². The van der Waals surface area contributed by atoms with Crippen LogP contribution < -0.4 is 5.73 Å². The molecule has 1 unspecified atom stereocenters. The van der Waals surface area contributed by atoms with E-state index in [-0.39, 0.29) is 6.04 Å². The maximum absolute atomic E-state index is 6.68. The van der Waals surface area contributed by atoms with E-state index in [1.54, 1.807) is 5.56 Å². The van der Waals surface area contributed by atoms with E-state index in [2.05, 4.69) is 38.1 Å². The maximum Gasteiger partial charge on any atom is 0.0326 e. The molecule has 0 aliphatic heterocycles. The summed E-state index contributed by atoms with van der Waals surface area (Å²) in [6.45, 7) is 4.80. The molecule has 0 spiro atoms. The molecular formula is C19H29N. The molecule has 2 aliphatic carbocycles. The molecule has 2 aliphatic rings. The summed E-state index contributed by atoms with van der Waals surface area (Å²) in [6, 6.07) is 9.23. The zero-order valence-corrected chi connectivity index (χ0v) is 13.1. The van der Waals surface area contributed by atoms with E-state index in [1.807, 2.05) is 0 Å². The molecular weight excluding hydrogens is 242 g/mol. The number of benzene rings is 1. The van der Waals surface area contributed by atoms with Crippen molar-refractivity contribution in [2.24, 2.45) is 17.1 Å². The molecule has 2 fully saturated rings. The molecule has 0 saturated heterocycles. The van der Waals surface area contributed by atoms with Crippen LogP contribution in [0.3, 0.4) is 0 Å². The third-order valence-corrected chi connectivity index (χ3v) is 5.79. The molecule has 1 aromatic carbocycles. The summed E-state index contributed by atoms with van der Waals surface area (Å²) < 4.78 is 0. The molecule has 0 aromatic heterocycles. The fourth-order valence-electron chi connectivity index (χ4n) is 3.94. The first kappa shape index (κ1) is 14.1. The number of nitrogens with two attached hydrogens (primary N) is 1. The predicted octanol–water partition coefficient (Wildman–Crippen LogP) is 5.17. The molecule has 3 rings (SSSR count). The third kappa shape index (κ3) is 2.79. The summed E-state index contributed by atoms with van der Waals surface area (Å²) in [4.78, 5) is 0. The van der Waals surface area contributed by atoms with Crippen LogP contribution in [0.5, 0.6) is 0 Å². The highest BCUT2D eigenvalue weighted by Gasteiger charge is 2.32. The highest BCUT2D eigenvalue weighted by atomic mass is 14.7. The SMILES string of the molecule is CC1(C)CCC(C(N)c2ccccc2C2CCC2)CC1. The van der Waals surface area contributed by atoms with Crippen molar-refractivity contribution in [2.45, 2.75) is 70.8 Å². The fourth-order valence-corrected chi connectivity index (χ4v) is 3.94. The molecule has 1 nitrogen and oxygen atoms in total. The molecule has 0 amide bonds. The van der Waals surface area contributed by atoms with E-state index in [0.29, 0.717) is 11.3 Å². The van der Waals surface area contributed by atoms with Gasteiger partial charge in [0.15, 0.2) is 0 Å². The van der Waals surface area contributed by atoms with Crippen molar-refractivity contribution >= 4 is 0 Å². The Balaban J connectivity index is 1.75. The molecule has 110 valence electrons. The van der Waals surface area contributed by atoms with Crippen LogP contribution in [0, 0.1) is 11.3 Å². The molecule has 2 saturated carbocycles. The van der Waals surface area contributed by atoms with Gasteiger partial charge in [0.05, 0.1) is 0 Å². The largest absolute Gasteiger partial charge is 0.324 e. The molecule has 0 bridgehead atoms. The van der Waals surface area contributed by atoms with E-state index >= 15 is 0 Å². The second-order valence-corrected chi connectivity index (χ2v) is 7.78. The standard InChI is InChI=1S/C19H29N/c1-19(2)12-10-15(11-13-19)18(20)17-9-4-3-8-16(17)14-6-5-7-14/h3-4,8-9,14-15,18H,5-7,10-13,20H2,1-2H3. The minimum Gasteiger partial charge on any atom is -0.324 e. The van der Waals surface area contributed by atoms with Crippen LogP contribution in [-0.4, -0.2) is 0 Å². The summed E-state index contributed by atoms with van der Waals surface area (Å²) >= 11 is 0. The molecule has 0 radical (unpaired) electrons. The molecule has 20 heavy (non-hydrogen) atoms. The number of hydrogen-bond acceptors (Lipinski definition) is 1. The lowest BCUT2D eigenvalue weighted by Crippen LogP contribution is -2.30. The minimum absolute atomic E-state index is 0.253. The Bertz CT molecular complexity index is 449. The third-order valence-electron chi connectivity index (χ3n) is 5.79. The van der Waals surface area contributed by atoms with Crippen molar-refractivity contribution in [3.63, 3.8) is 0 Å². The Kier molecular flexibility index (Phi) is 3.90. The molecule has 1 heteroatoms. The minimum atomic E-state index is 0.253. The van der Waals surface area contributed by atoms with Crippen LogP contribution >= 0.6 is 0 Å². The molecule has 1 aromatic rings. The molecule has 1 atom stereocenters. The van der Waals surface area contributed by atoms with Crippen LogP contribution in [0.25, 0.3) is 0 Å². The zero-order valence-electron chi connectivity index (χ0n) is 13.1. The Morgan fingerprint density at radius 2 is 1.70 bits per heavy atom. The highest BCUT2D eigenvalue weighted by Crippen LogP contribution is 2.45. The van der Waals surface area contributed by atoms with Crippen LogP contribution in [-0.2, 0) is 0 Å². The van der Waals surface area contributed by atoms with Crippen molar-refractivity contribution in [1.82, 2.24) is 0 Å². The quantitative estimate of drug-likeness (QED) is 0.806. The van der Waals surface area contributed by atoms with E-state index in [4.69, 9.17) is 5.73 Å². The normalized spacial score (nSPS) is 25.1. The van der Waals surface area contributed by atoms with Crippen molar-refractivity contribution < 1.29 is 0 Å². The van der Waals surface area contributed by atoms with Crippen LogP contribution in [0.1, 0.15) is 81.9 Å². The van der Waals surface area contributed by atoms with Crippen molar-refractivity contribution in [3.05, 3.63) is 35.4 Å². The highest BCUT2D eigenvalue weighted by molar-refractivity contribution is 5.34. The Morgan fingerprint density at radius 3 is 2.30 bits per heavy atom. The van der Waals surface area contributed by atoms with Gasteiger partial charge in [-0.2, -0.15) is 0 Å². The lowest BCUT2D eigenvalue weighted by molar-refractivity contribution is 0.173. The second-order valence-electron chi connectivity index (χ2n) is 7.78. The van der Waals surface area contributed by atoms with E-state index in [1.165, 1.54) is 50.5 Å². The summed E-state index contributed by atoms with van der Waals surface area (Å²) in [5, 5.41) is 0. The summed E-state index contributed by atoms with van der Waals surface area (Å²) in [5.41, 5.74) is 10.2. The maximum atomic E-state index is 6.68. The van der Waals surface area contributed by atoms with Crippen molar-refractivity contribution in [3.8, 4) is 0 Å². The van der Waals surface area contributed by atoms with Gasteiger partial charge in [0, 0.05) is 6.04 Å². The molecule has 2 N–H and O–H groups in total. The monoisotopic (exact) mass is 271 g/mol. The first-order chi connectivity index (χ1) is 9.57. The van der Waals surface area contributed by atoms with Gasteiger partial charge in [0.25, 0.3) is 0 Å². The topological polar surface area (TPSA) is 26.0 Å². The lowest BCUT2D eigenvalue weighted by atomic mass is 9.69. The van der Waals surface area contributed by atoms with E-state index in [9.17, 15) is 0 Å². The number of hydrogen-bond donors (Lipinski definition) is 1. The predicted molar refractivity (Wildman–Crippen MR) is 85.7 cm³/mol. The van der Waals surface area contributed by atoms with Gasteiger partial charge in [0.2, 0.25) is 0 Å². The van der Waals surface area contributed by atoms with Gasteiger partial charge in [0.1, 0.15) is 0 Å². The van der Waals surface area contributed by atoms with Crippen molar-refractivity contribution in [1.29, 1.82) is 0 Å². The average Bonchev–Trinajstić information content (AvgIpc) is 2.37. The smallest absolute Gasteiger partial charge is 0.0326 e. The number of rotatable bonds is 3.